The summed E-state index contributed by atoms with van der Waals surface area (Å²) < 4.78 is 0. The van der Waals surface area contributed by atoms with E-state index in [0.29, 0.717) is 5.12 Å². The summed E-state index contributed by atoms with van der Waals surface area (Å²) >= 11 is 1.40. The van der Waals surface area contributed by atoms with Gasteiger partial charge in [0.05, 0.1) is 8.07 Å². The molecule has 0 unspecified atom stereocenters. The highest BCUT2D eigenvalue weighted by atomic mass is 32.2. The molecule has 0 saturated carbocycles. The van der Waals surface area contributed by atoms with Gasteiger partial charge in [-0.1, -0.05) is 84.6 Å². The fraction of sp³-hybridized carbons (Fsp3) is 0.286. The first-order chi connectivity index (χ1) is 11.6. The Morgan fingerprint density at radius 1 is 1.08 bits per heavy atom. The number of benzene rings is 2. The van der Waals surface area contributed by atoms with Crippen LogP contribution >= 0.6 is 11.8 Å². The minimum atomic E-state index is -1.88. The molecule has 2 aromatic rings. The third-order valence-electron chi connectivity index (χ3n) is 4.54. The Morgan fingerprint density at radius 2 is 1.67 bits per heavy atom. The number of hydrogen-bond donors (Lipinski definition) is 0. The van der Waals surface area contributed by atoms with Crippen molar-refractivity contribution in [3.63, 3.8) is 0 Å². The number of thioether (sulfide) groups is 1. The number of carbonyl (C=O) groups excluding carboxylic acids is 1. The first-order valence-corrected chi connectivity index (χ1v) is 12.4. The van der Waals surface area contributed by atoms with Gasteiger partial charge in [0.2, 0.25) is 0 Å². The molecule has 0 fully saturated rings. The minimum absolute atomic E-state index is 0.116. The molecule has 2 rings (SSSR count). The predicted molar refractivity (Wildman–Crippen MR) is 109 cm³/mol. The Bertz CT molecular complexity index is 652. The Kier molecular flexibility index (Phi) is 7.07. The predicted octanol–water partition coefficient (Wildman–Crippen LogP) is 5.65. The zero-order valence-corrected chi connectivity index (χ0v) is 16.4. The van der Waals surface area contributed by atoms with Crippen LogP contribution in [-0.2, 0) is 4.79 Å². The Morgan fingerprint density at radius 3 is 2.25 bits per heavy atom. The van der Waals surface area contributed by atoms with E-state index in [1.165, 1.54) is 16.9 Å². The minimum Gasteiger partial charge on any atom is -0.287 e. The molecule has 24 heavy (non-hydrogen) atoms. The van der Waals surface area contributed by atoms with Gasteiger partial charge >= 0.3 is 0 Å². The van der Waals surface area contributed by atoms with Gasteiger partial charge in [-0.2, -0.15) is 0 Å². The molecule has 0 spiro atoms. The highest BCUT2D eigenvalue weighted by Crippen LogP contribution is 2.35. The van der Waals surface area contributed by atoms with Crippen molar-refractivity contribution in [2.24, 2.45) is 0 Å². The molecule has 1 nitrogen and oxygen atoms in total. The van der Waals surface area contributed by atoms with Crippen molar-refractivity contribution in [1.82, 2.24) is 0 Å². The van der Waals surface area contributed by atoms with Crippen molar-refractivity contribution < 1.29 is 4.79 Å². The van der Waals surface area contributed by atoms with Crippen molar-refractivity contribution in [1.29, 1.82) is 0 Å². The molecule has 0 amide bonds. The molecule has 0 N–H and O–H groups in total. The van der Waals surface area contributed by atoms with Gasteiger partial charge in [0.15, 0.2) is 5.12 Å². The smallest absolute Gasteiger partial charge is 0.194 e. The average molecular weight is 355 g/mol. The van der Waals surface area contributed by atoms with Crippen LogP contribution in [0.2, 0.25) is 18.6 Å². The molecule has 3 heteroatoms. The zero-order valence-electron chi connectivity index (χ0n) is 14.6. The average Bonchev–Trinajstić information content (AvgIpc) is 2.60. The molecule has 0 saturated heterocycles. The lowest BCUT2D eigenvalue weighted by molar-refractivity contribution is -0.111. The number of hydrogen-bond acceptors (Lipinski definition) is 2. The van der Waals surface area contributed by atoms with Gasteiger partial charge in [-0.3, -0.25) is 4.79 Å². The van der Waals surface area contributed by atoms with Gasteiger partial charge in [0, 0.05) is 10.4 Å². The van der Waals surface area contributed by atoms with E-state index in [0.717, 1.165) is 24.2 Å². The van der Waals surface area contributed by atoms with Crippen LogP contribution in [0.5, 0.6) is 0 Å². The maximum atomic E-state index is 13.1. The topological polar surface area (TPSA) is 17.1 Å². The molecule has 0 aliphatic carbocycles. The van der Waals surface area contributed by atoms with Crippen LogP contribution in [0, 0.1) is 0 Å². The monoisotopic (exact) mass is 354 g/mol. The fourth-order valence-electron chi connectivity index (χ4n) is 2.98. The second-order valence-electron chi connectivity index (χ2n) is 6.59. The lowest BCUT2D eigenvalue weighted by Crippen LogP contribution is -2.48. The molecule has 0 aromatic heterocycles. The van der Waals surface area contributed by atoms with Crippen molar-refractivity contribution in [2.75, 3.05) is 0 Å². The molecule has 126 valence electrons. The van der Waals surface area contributed by atoms with Crippen LogP contribution in [0.15, 0.2) is 78.2 Å². The largest absolute Gasteiger partial charge is 0.287 e. The van der Waals surface area contributed by atoms with Crippen LogP contribution in [0.1, 0.15) is 19.3 Å². The lowest BCUT2D eigenvalue weighted by Gasteiger charge is -2.32. The normalized spacial score (nSPS) is 12.6. The van der Waals surface area contributed by atoms with Gasteiger partial charge in [-0.15, -0.1) is 6.58 Å². The summed E-state index contributed by atoms with van der Waals surface area (Å²) in [7, 11) is -1.88. The van der Waals surface area contributed by atoms with Crippen LogP contribution < -0.4 is 5.19 Å². The third kappa shape index (κ3) is 4.95. The van der Waals surface area contributed by atoms with E-state index < -0.39 is 8.07 Å². The second kappa shape index (κ2) is 9.05. The van der Waals surface area contributed by atoms with E-state index in [1.807, 2.05) is 42.5 Å². The van der Waals surface area contributed by atoms with E-state index in [1.54, 1.807) is 0 Å². The fourth-order valence-corrected chi connectivity index (χ4v) is 7.80. The lowest BCUT2D eigenvalue weighted by atomic mass is 10.2. The second-order valence-corrected chi connectivity index (χ2v) is 12.4. The Hall–Kier alpha value is -1.58. The first kappa shape index (κ1) is 18.8. The van der Waals surface area contributed by atoms with E-state index in [2.05, 4.69) is 43.9 Å². The highest BCUT2D eigenvalue weighted by molar-refractivity contribution is 8.14. The van der Waals surface area contributed by atoms with Crippen molar-refractivity contribution in [2.45, 2.75) is 42.8 Å². The number of rotatable bonds is 8. The van der Waals surface area contributed by atoms with Gasteiger partial charge in [-0.25, -0.2) is 0 Å². The molecule has 0 bridgehead atoms. The van der Waals surface area contributed by atoms with Crippen molar-refractivity contribution >= 4 is 30.1 Å². The molecule has 0 heterocycles. The number of carbonyl (C=O) groups is 1. The van der Waals surface area contributed by atoms with E-state index >= 15 is 0 Å². The molecule has 0 radical (unpaired) electrons. The Labute approximate surface area is 151 Å². The maximum Gasteiger partial charge on any atom is 0.194 e. The van der Waals surface area contributed by atoms with E-state index in [9.17, 15) is 4.79 Å². The van der Waals surface area contributed by atoms with Gasteiger partial charge in [0.1, 0.15) is 0 Å². The summed E-state index contributed by atoms with van der Waals surface area (Å²) in [6.07, 6.45) is 4.89. The summed E-state index contributed by atoms with van der Waals surface area (Å²) in [5.74, 6) is 0. The third-order valence-corrected chi connectivity index (χ3v) is 9.85. The summed E-state index contributed by atoms with van der Waals surface area (Å²) in [5.41, 5.74) is 0.116. The van der Waals surface area contributed by atoms with Crippen LogP contribution in [0.4, 0.5) is 0 Å². The molecule has 1 atom stereocenters. The zero-order chi connectivity index (χ0) is 17.4. The first-order valence-electron chi connectivity index (χ1n) is 8.49. The van der Waals surface area contributed by atoms with Crippen LogP contribution in [0.3, 0.4) is 0 Å². The quantitative estimate of drug-likeness (QED) is 0.264. The van der Waals surface area contributed by atoms with Crippen molar-refractivity contribution in [3.8, 4) is 0 Å². The van der Waals surface area contributed by atoms with Gasteiger partial charge in [0.25, 0.3) is 0 Å². The molecule has 0 aliphatic rings. The SMILES string of the molecule is C=CCCC[C@H](C(=O)Sc1ccccc1)[Si](C)(C)c1ccccc1. The highest BCUT2D eigenvalue weighted by Gasteiger charge is 2.38. The number of allylic oxidation sites excluding steroid dienone is 1. The summed E-state index contributed by atoms with van der Waals surface area (Å²) in [6.45, 7) is 8.46. The summed E-state index contributed by atoms with van der Waals surface area (Å²) in [5, 5.41) is 1.67. The molecular formula is C21H26OSSi. The maximum absolute atomic E-state index is 13.1. The summed E-state index contributed by atoms with van der Waals surface area (Å²) in [4.78, 5) is 14.1. The standard InChI is InChI=1S/C21H26OSSi/c1-4-5-8-17-20(21(22)23-18-13-9-6-10-14-18)24(2,3)19-15-11-7-12-16-19/h4,6-7,9-16,20H,1,5,8,17H2,2-3H3/t20-/m1/s1. The molecule has 2 aromatic carbocycles. The number of unbranched alkanes of at least 4 members (excludes halogenated alkanes) is 1. The molecular weight excluding hydrogens is 328 g/mol. The Balaban J connectivity index is 2.23. The van der Waals surface area contributed by atoms with Crippen molar-refractivity contribution in [3.05, 3.63) is 73.3 Å². The van der Waals surface area contributed by atoms with E-state index in [-0.39, 0.29) is 5.54 Å². The van der Waals surface area contributed by atoms with Crippen LogP contribution in [-0.4, -0.2) is 13.2 Å². The van der Waals surface area contributed by atoms with Crippen LogP contribution in [0.25, 0.3) is 0 Å². The molecule has 0 aliphatic heterocycles. The van der Waals surface area contributed by atoms with Gasteiger partial charge < -0.3 is 0 Å². The van der Waals surface area contributed by atoms with Gasteiger partial charge in [-0.05, 0) is 31.4 Å². The summed E-state index contributed by atoms with van der Waals surface area (Å²) in [6, 6.07) is 20.6. The van der Waals surface area contributed by atoms with E-state index in [4.69, 9.17) is 0 Å².